The SMILES string of the molecule is CC[C@@H](CO)NC(=O)C(C#N)(CC)CC. The Kier molecular flexibility index (Phi) is 5.95. The summed E-state index contributed by atoms with van der Waals surface area (Å²) < 4.78 is 0. The highest BCUT2D eigenvalue weighted by Gasteiger charge is 2.35. The summed E-state index contributed by atoms with van der Waals surface area (Å²) in [5.74, 6) is -0.268. The van der Waals surface area contributed by atoms with Crippen LogP contribution in [0.25, 0.3) is 0 Å². The van der Waals surface area contributed by atoms with E-state index in [1.54, 1.807) is 0 Å². The molecule has 4 nitrogen and oxygen atoms in total. The monoisotopic (exact) mass is 212 g/mol. The van der Waals surface area contributed by atoms with Gasteiger partial charge in [0.05, 0.1) is 18.7 Å². The van der Waals surface area contributed by atoms with Gasteiger partial charge in [0, 0.05) is 0 Å². The summed E-state index contributed by atoms with van der Waals surface area (Å²) in [5.41, 5.74) is -0.942. The number of amides is 1. The third-order valence-electron chi connectivity index (χ3n) is 2.90. The molecule has 0 radical (unpaired) electrons. The molecule has 1 atom stereocenters. The molecule has 86 valence electrons. The first-order chi connectivity index (χ1) is 7.10. The van der Waals surface area contributed by atoms with E-state index in [0.717, 1.165) is 0 Å². The fourth-order valence-corrected chi connectivity index (χ4v) is 1.38. The topological polar surface area (TPSA) is 73.1 Å². The number of aliphatic hydroxyl groups excluding tert-OH is 1. The van der Waals surface area contributed by atoms with Crippen molar-refractivity contribution in [3.8, 4) is 6.07 Å². The lowest BCUT2D eigenvalue weighted by Gasteiger charge is -2.25. The number of nitriles is 1. The van der Waals surface area contributed by atoms with Crippen LogP contribution in [0.2, 0.25) is 0 Å². The average Bonchev–Trinajstić information content (AvgIpc) is 2.29. The Bertz CT molecular complexity index is 237. The number of nitrogens with zero attached hydrogens (tertiary/aromatic N) is 1. The van der Waals surface area contributed by atoms with E-state index in [1.165, 1.54) is 0 Å². The van der Waals surface area contributed by atoms with Gasteiger partial charge in [0.1, 0.15) is 5.41 Å². The van der Waals surface area contributed by atoms with Crippen molar-refractivity contribution in [3.63, 3.8) is 0 Å². The first-order valence-electron chi connectivity index (χ1n) is 5.43. The molecule has 0 heterocycles. The predicted molar refractivity (Wildman–Crippen MR) is 57.9 cm³/mol. The number of carbonyl (C=O) groups is 1. The minimum absolute atomic E-state index is 0.0861. The van der Waals surface area contributed by atoms with Gasteiger partial charge in [0.25, 0.3) is 0 Å². The van der Waals surface area contributed by atoms with Crippen molar-refractivity contribution in [2.75, 3.05) is 6.61 Å². The van der Waals surface area contributed by atoms with Crippen LogP contribution in [0, 0.1) is 16.7 Å². The van der Waals surface area contributed by atoms with Gasteiger partial charge in [-0.2, -0.15) is 5.26 Å². The van der Waals surface area contributed by atoms with Crippen molar-refractivity contribution >= 4 is 5.91 Å². The van der Waals surface area contributed by atoms with Gasteiger partial charge >= 0.3 is 0 Å². The van der Waals surface area contributed by atoms with Crippen LogP contribution in [0.1, 0.15) is 40.0 Å². The molecule has 1 amide bonds. The highest BCUT2D eigenvalue weighted by Crippen LogP contribution is 2.25. The molecule has 0 aliphatic carbocycles. The minimum Gasteiger partial charge on any atom is -0.394 e. The van der Waals surface area contributed by atoms with Gasteiger partial charge in [0.2, 0.25) is 5.91 Å². The van der Waals surface area contributed by atoms with Crippen LogP contribution in [-0.2, 0) is 4.79 Å². The second-order valence-corrected chi connectivity index (χ2v) is 3.66. The van der Waals surface area contributed by atoms with Crippen molar-refractivity contribution in [2.45, 2.75) is 46.1 Å². The second kappa shape index (κ2) is 6.41. The third-order valence-corrected chi connectivity index (χ3v) is 2.90. The van der Waals surface area contributed by atoms with Crippen molar-refractivity contribution in [1.82, 2.24) is 5.32 Å². The summed E-state index contributed by atoms with van der Waals surface area (Å²) in [4.78, 5) is 11.8. The van der Waals surface area contributed by atoms with Crippen LogP contribution in [-0.4, -0.2) is 23.7 Å². The number of hydrogen-bond acceptors (Lipinski definition) is 3. The smallest absolute Gasteiger partial charge is 0.240 e. The molecular weight excluding hydrogens is 192 g/mol. The quantitative estimate of drug-likeness (QED) is 0.695. The highest BCUT2D eigenvalue weighted by atomic mass is 16.3. The normalized spacial score (nSPS) is 13.0. The second-order valence-electron chi connectivity index (χ2n) is 3.66. The Balaban J connectivity index is 4.60. The molecule has 0 bridgehead atoms. The van der Waals surface area contributed by atoms with Crippen LogP contribution in [0.15, 0.2) is 0 Å². The molecule has 0 fully saturated rings. The predicted octanol–water partition coefficient (Wildman–Crippen LogP) is 1.20. The standard InChI is InChI=1S/C11H20N2O2/c1-4-9(7-14)13-10(15)11(5-2,6-3)8-12/h9,14H,4-7H2,1-3H3,(H,13,15)/t9-/m0/s1. The van der Waals surface area contributed by atoms with E-state index < -0.39 is 5.41 Å². The molecule has 0 rings (SSSR count). The van der Waals surface area contributed by atoms with Crippen molar-refractivity contribution in [1.29, 1.82) is 5.26 Å². The van der Waals surface area contributed by atoms with E-state index in [9.17, 15) is 4.79 Å². The molecule has 0 spiro atoms. The van der Waals surface area contributed by atoms with Gasteiger partial charge in [-0.25, -0.2) is 0 Å². The zero-order valence-corrected chi connectivity index (χ0v) is 9.71. The van der Waals surface area contributed by atoms with Gasteiger partial charge in [-0.1, -0.05) is 20.8 Å². The average molecular weight is 212 g/mol. The van der Waals surface area contributed by atoms with Crippen molar-refractivity contribution < 1.29 is 9.90 Å². The summed E-state index contributed by atoms with van der Waals surface area (Å²) in [5, 5.41) is 20.7. The third kappa shape index (κ3) is 3.21. The summed E-state index contributed by atoms with van der Waals surface area (Å²) in [7, 11) is 0. The Morgan fingerprint density at radius 2 is 2.00 bits per heavy atom. The maximum atomic E-state index is 11.8. The fraction of sp³-hybridized carbons (Fsp3) is 0.818. The molecule has 4 heteroatoms. The zero-order valence-electron chi connectivity index (χ0n) is 9.71. The molecule has 0 aromatic rings. The number of aliphatic hydroxyl groups is 1. The summed E-state index contributed by atoms with van der Waals surface area (Å²) in [6.07, 6.45) is 1.65. The molecule has 0 saturated heterocycles. The van der Waals surface area contributed by atoms with Crippen molar-refractivity contribution in [3.05, 3.63) is 0 Å². The summed E-state index contributed by atoms with van der Waals surface area (Å²) in [6, 6.07) is 1.83. The largest absolute Gasteiger partial charge is 0.394 e. The summed E-state index contributed by atoms with van der Waals surface area (Å²) in [6.45, 7) is 5.45. The Labute approximate surface area is 91.3 Å². The number of rotatable bonds is 6. The first-order valence-corrected chi connectivity index (χ1v) is 5.43. The lowest BCUT2D eigenvalue weighted by atomic mass is 9.83. The molecule has 0 aromatic carbocycles. The van der Waals surface area contributed by atoms with Gasteiger partial charge in [-0.05, 0) is 19.3 Å². The Hall–Kier alpha value is -1.08. The molecular formula is C11H20N2O2. The van der Waals surface area contributed by atoms with E-state index in [4.69, 9.17) is 10.4 Å². The van der Waals surface area contributed by atoms with Gasteiger partial charge in [0.15, 0.2) is 0 Å². The van der Waals surface area contributed by atoms with Crippen molar-refractivity contribution in [2.24, 2.45) is 5.41 Å². The fourth-order valence-electron chi connectivity index (χ4n) is 1.38. The lowest BCUT2D eigenvalue weighted by molar-refractivity contribution is -0.129. The first kappa shape index (κ1) is 13.9. The number of nitrogens with one attached hydrogen (secondary N) is 1. The van der Waals surface area contributed by atoms with Gasteiger partial charge < -0.3 is 10.4 Å². The van der Waals surface area contributed by atoms with Crippen LogP contribution in [0.4, 0.5) is 0 Å². The molecule has 15 heavy (non-hydrogen) atoms. The van der Waals surface area contributed by atoms with E-state index in [2.05, 4.69) is 11.4 Å². The van der Waals surface area contributed by atoms with E-state index >= 15 is 0 Å². The molecule has 0 aromatic heterocycles. The lowest BCUT2D eigenvalue weighted by Crippen LogP contribution is -2.45. The molecule has 2 N–H and O–H groups in total. The highest BCUT2D eigenvalue weighted by molar-refractivity contribution is 5.85. The van der Waals surface area contributed by atoms with E-state index in [-0.39, 0.29) is 18.6 Å². The van der Waals surface area contributed by atoms with E-state index in [0.29, 0.717) is 19.3 Å². The van der Waals surface area contributed by atoms with E-state index in [1.807, 2.05) is 20.8 Å². The minimum atomic E-state index is -0.942. The maximum Gasteiger partial charge on any atom is 0.240 e. The Morgan fingerprint density at radius 3 is 2.27 bits per heavy atom. The number of carbonyl (C=O) groups excluding carboxylic acids is 1. The zero-order chi connectivity index (χ0) is 11.9. The van der Waals surface area contributed by atoms with Crippen LogP contribution in [0.3, 0.4) is 0 Å². The van der Waals surface area contributed by atoms with Crippen LogP contribution >= 0.6 is 0 Å². The maximum absolute atomic E-state index is 11.8. The van der Waals surface area contributed by atoms with Crippen LogP contribution < -0.4 is 5.32 Å². The van der Waals surface area contributed by atoms with Gasteiger partial charge in [-0.3, -0.25) is 4.79 Å². The van der Waals surface area contributed by atoms with Crippen LogP contribution in [0.5, 0.6) is 0 Å². The molecule has 0 aliphatic rings. The molecule has 0 saturated carbocycles. The Morgan fingerprint density at radius 1 is 1.47 bits per heavy atom. The number of hydrogen-bond donors (Lipinski definition) is 2. The molecule has 0 aliphatic heterocycles. The summed E-state index contributed by atoms with van der Waals surface area (Å²) >= 11 is 0. The molecule has 0 unspecified atom stereocenters. The van der Waals surface area contributed by atoms with Gasteiger partial charge in [-0.15, -0.1) is 0 Å².